The first kappa shape index (κ1) is 30.1. The zero-order valence-electron chi connectivity index (χ0n) is 25.5. The predicted octanol–water partition coefficient (Wildman–Crippen LogP) is 8.49. The average molecular weight is 626 g/mol. The first-order chi connectivity index (χ1) is 20.0. The number of hydrogen-bond acceptors (Lipinski definition) is 5. The molecule has 2 aliphatic carbocycles. The number of carbonyl (C=O) groups excluding carboxylic acids is 1. The molecule has 0 saturated heterocycles. The molecule has 4 aliphatic rings. The van der Waals surface area contributed by atoms with Gasteiger partial charge in [0.05, 0.1) is 6.04 Å². The summed E-state index contributed by atoms with van der Waals surface area (Å²) in [5, 5.41) is 2.29. The SMILES string of the molecule is CC(C)C1=C(C(=O)N(C(C)C)C2CC(N(C)C3CCC3)C2)SC2=N[C@@](C)(c3ccc(Cl)cc3)[C@@H](c3ccc(Cl)cc3)N21. The Bertz CT molecular complexity index is 1400. The van der Waals surface area contributed by atoms with Gasteiger partial charge in [0, 0.05) is 39.9 Å². The van der Waals surface area contributed by atoms with Gasteiger partial charge < -0.3 is 14.7 Å². The van der Waals surface area contributed by atoms with Crippen LogP contribution in [0.1, 0.15) is 83.9 Å². The van der Waals surface area contributed by atoms with Crippen LogP contribution in [0.15, 0.2) is 64.1 Å². The topological polar surface area (TPSA) is 39.2 Å². The highest BCUT2D eigenvalue weighted by Crippen LogP contribution is 2.56. The fourth-order valence-corrected chi connectivity index (χ4v) is 8.82. The van der Waals surface area contributed by atoms with Crippen LogP contribution in [-0.4, -0.2) is 57.0 Å². The summed E-state index contributed by atoms with van der Waals surface area (Å²) in [5.74, 6) is 0.285. The van der Waals surface area contributed by atoms with Crippen molar-refractivity contribution in [3.05, 3.63) is 80.3 Å². The van der Waals surface area contributed by atoms with Gasteiger partial charge in [-0.1, -0.05) is 67.7 Å². The molecular weight excluding hydrogens is 583 g/mol. The summed E-state index contributed by atoms with van der Waals surface area (Å²) in [4.78, 5) is 27.8. The Morgan fingerprint density at radius 2 is 1.55 bits per heavy atom. The molecule has 8 heteroatoms. The van der Waals surface area contributed by atoms with E-state index in [2.05, 4.69) is 80.6 Å². The molecule has 2 saturated carbocycles. The average Bonchev–Trinajstić information content (AvgIpc) is 3.37. The molecule has 42 heavy (non-hydrogen) atoms. The number of hydrogen-bond donors (Lipinski definition) is 0. The first-order valence-corrected chi connectivity index (χ1v) is 16.9. The summed E-state index contributed by atoms with van der Waals surface area (Å²) in [6, 6.07) is 17.7. The van der Waals surface area contributed by atoms with Gasteiger partial charge in [0.25, 0.3) is 5.91 Å². The highest BCUT2D eigenvalue weighted by atomic mass is 35.5. The molecule has 2 aliphatic heterocycles. The zero-order chi connectivity index (χ0) is 29.9. The minimum Gasteiger partial charge on any atom is -0.333 e. The van der Waals surface area contributed by atoms with E-state index in [-0.39, 0.29) is 30.0 Å². The standard InChI is InChI=1S/C34H42Cl2N4OS/c1-20(2)29-30(32(41)39(21(3)4)28-18-27(19-28)38(6)26-8-7-9-26)42-33-37-34(5,23-12-16-25(36)17-13-23)31(40(29)33)22-10-14-24(35)15-11-22/h10-17,20-21,26-28,31H,7-9,18-19H2,1-6H3/t27?,28?,31-,34+/m1/s1. The van der Waals surface area contributed by atoms with Crippen molar-refractivity contribution in [3.63, 3.8) is 0 Å². The molecule has 2 heterocycles. The summed E-state index contributed by atoms with van der Waals surface area (Å²) >= 11 is 14.2. The third-order valence-corrected chi connectivity index (χ3v) is 11.4. The Labute approximate surface area is 265 Å². The molecule has 5 nitrogen and oxygen atoms in total. The number of benzene rings is 2. The highest BCUT2D eigenvalue weighted by Gasteiger charge is 2.54. The molecule has 1 amide bonds. The van der Waals surface area contributed by atoms with Gasteiger partial charge in [0.2, 0.25) is 0 Å². The number of halogens is 2. The molecule has 0 bridgehead atoms. The normalized spacial score (nSPS) is 27.5. The second-order valence-electron chi connectivity index (χ2n) is 13.2. The van der Waals surface area contributed by atoms with Crippen LogP contribution in [0.2, 0.25) is 10.0 Å². The molecule has 6 rings (SSSR count). The van der Waals surface area contributed by atoms with Crippen molar-refractivity contribution < 1.29 is 4.79 Å². The quantitative estimate of drug-likeness (QED) is 0.295. The van der Waals surface area contributed by atoms with Gasteiger partial charge in [-0.2, -0.15) is 0 Å². The second kappa shape index (κ2) is 11.5. The van der Waals surface area contributed by atoms with E-state index in [1.807, 2.05) is 24.3 Å². The van der Waals surface area contributed by atoms with E-state index >= 15 is 0 Å². The van der Waals surface area contributed by atoms with E-state index in [1.165, 1.54) is 19.3 Å². The van der Waals surface area contributed by atoms with Gasteiger partial charge in [0.1, 0.15) is 10.4 Å². The molecule has 2 atom stereocenters. The third-order valence-electron chi connectivity index (χ3n) is 9.86. The van der Waals surface area contributed by atoms with Crippen LogP contribution in [0.5, 0.6) is 0 Å². The van der Waals surface area contributed by atoms with Crippen molar-refractivity contribution in [3.8, 4) is 0 Å². The van der Waals surface area contributed by atoms with Gasteiger partial charge >= 0.3 is 0 Å². The minimum absolute atomic E-state index is 0.127. The molecule has 2 aromatic rings. The molecule has 0 aromatic heterocycles. The lowest BCUT2D eigenvalue weighted by molar-refractivity contribution is -0.134. The summed E-state index contributed by atoms with van der Waals surface area (Å²) < 4.78 is 0. The van der Waals surface area contributed by atoms with E-state index in [1.54, 1.807) is 11.8 Å². The Morgan fingerprint density at radius 3 is 2.07 bits per heavy atom. The van der Waals surface area contributed by atoms with Crippen molar-refractivity contribution in [2.24, 2.45) is 10.9 Å². The Balaban J connectivity index is 1.35. The van der Waals surface area contributed by atoms with Gasteiger partial charge in [-0.05, 0) is 107 Å². The maximum Gasteiger partial charge on any atom is 0.263 e. The number of amidine groups is 1. The lowest BCUT2D eigenvalue weighted by atomic mass is 9.80. The molecule has 2 fully saturated rings. The van der Waals surface area contributed by atoms with E-state index < -0.39 is 5.54 Å². The summed E-state index contributed by atoms with van der Waals surface area (Å²) in [7, 11) is 2.28. The fraction of sp³-hybridized carbons (Fsp3) is 0.529. The molecule has 0 N–H and O–H groups in total. The van der Waals surface area contributed by atoms with E-state index in [0.717, 1.165) is 45.8 Å². The molecule has 224 valence electrons. The monoisotopic (exact) mass is 624 g/mol. The second-order valence-corrected chi connectivity index (χ2v) is 15.0. The molecule has 0 spiro atoms. The van der Waals surface area contributed by atoms with Crippen LogP contribution in [0.4, 0.5) is 0 Å². The van der Waals surface area contributed by atoms with Crippen molar-refractivity contribution in [1.82, 2.24) is 14.7 Å². The van der Waals surface area contributed by atoms with E-state index in [4.69, 9.17) is 28.2 Å². The largest absolute Gasteiger partial charge is 0.333 e. The summed E-state index contributed by atoms with van der Waals surface area (Å²) in [6.07, 6.45) is 6.08. The van der Waals surface area contributed by atoms with Crippen LogP contribution >= 0.6 is 35.0 Å². The predicted molar refractivity (Wildman–Crippen MR) is 176 cm³/mol. The fourth-order valence-electron chi connectivity index (χ4n) is 7.21. The smallest absolute Gasteiger partial charge is 0.263 e. The number of carbonyl (C=O) groups is 1. The van der Waals surface area contributed by atoms with Gasteiger partial charge in [-0.3, -0.25) is 4.79 Å². The van der Waals surface area contributed by atoms with Crippen LogP contribution in [0.3, 0.4) is 0 Å². The number of rotatable bonds is 8. The number of thioether (sulfide) groups is 1. The molecule has 2 aromatic carbocycles. The number of allylic oxidation sites excluding steroid dienone is 1. The van der Waals surface area contributed by atoms with Gasteiger partial charge in [-0.25, -0.2) is 4.99 Å². The number of fused-ring (bicyclic) bond motifs is 1. The summed E-state index contributed by atoms with van der Waals surface area (Å²) in [6.45, 7) is 10.9. The lowest BCUT2D eigenvalue weighted by Gasteiger charge is -2.51. The number of aliphatic imine (C=N–C) groups is 1. The maximum atomic E-state index is 14.5. The maximum absolute atomic E-state index is 14.5. The van der Waals surface area contributed by atoms with Crippen molar-refractivity contribution in [1.29, 1.82) is 0 Å². The Kier molecular flexibility index (Phi) is 8.23. The van der Waals surface area contributed by atoms with E-state index in [0.29, 0.717) is 16.1 Å². The zero-order valence-corrected chi connectivity index (χ0v) is 27.8. The van der Waals surface area contributed by atoms with Crippen LogP contribution in [0, 0.1) is 5.92 Å². The van der Waals surface area contributed by atoms with Gasteiger partial charge in [-0.15, -0.1) is 0 Å². The van der Waals surface area contributed by atoms with Crippen molar-refractivity contribution >= 4 is 46.0 Å². The van der Waals surface area contributed by atoms with Crippen LogP contribution in [-0.2, 0) is 10.3 Å². The number of nitrogens with zero attached hydrogens (tertiary/aromatic N) is 4. The van der Waals surface area contributed by atoms with Crippen molar-refractivity contribution in [2.75, 3.05) is 7.05 Å². The van der Waals surface area contributed by atoms with Crippen LogP contribution in [0.25, 0.3) is 0 Å². The minimum atomic E-state index is -0.569. The summed E-state index contributed by atoms with van der Waals surface area (Å²) in [5.41, 5.74) is 2.70. The molecular formula is C34H42Cl2N4OS. The molecule has 0 unspecified atom stereocenters. The Morgan fingerprint density at radius 1 is 0.952 bits per heavy atom. The molecule has 0 radical (unpaired) electrons. The van der Waals surface area contributed by atoms with E-state index in [9.17, 15) is 4.79 Å². The van der Waals surface area contributed by atoms with Crippen LogP contribution < -0.4 is 0 Å². The number of amides is 1. The van der Waals surface area contributed by atoms with Crippen molar-refractivity contribution in [2.45, 2.75) is 102 Å². The Hall–Kier alpha value is -1.99. The van der Waals surface area contributed by atoms with Gasteiger partial charge in [0.15, 0.2) is 5.17 Å². The lowest BCUT2D eigenvalue weighted by Crippen LogP contribution is -2.59. The first-order valence-electron chi connectivity index (χ1n) is 15.4. The highest BCUT2D eigenvalue weighted by molar-refractivity contribution is 8.18. The third kappa shape index (κ3) is 5.10.